The number of ether oxygens (including phenoxy) is 4. The summed E-state index contributed by atoms with van der Waals surface area (Å²) < 4.78 is 20.6. The summed E-state index contributed by atoms with van der Waals surface area (Å²) in [5.41, 5.74) is 0. The summed E-state index contributed by atoms with van der Waals surface area (Å²) >= 11 is 0. The number of esters is 1. The fourth-order valence-electron chi connectivity index (χ4n) is 1.31. The minimum absolute atomic E-state index is 0.142. The van der Waals surface area contributed by atoms with E-state index in [9.17, 15) is 4.79 Å². The lowest BCUT2D eigenvalue weighted by molar-refractivity contribution is -0.142. The van der Waals surface area contributed by atoms with Gasteiger partial charge in [-0.2, -0.15) is 0 Å². The number of hydrogen-bond donors (Lipinski definition) is 0. The van der Waals surface area contributed by atoms with E-state index in [0.717, 1.165) is 32.5 Å². The van der Waals surface area contributed by atoms with Gasteiger partial charge < -0.3 is 18.9 Å². The van der Waals surface area contributed by atoms with Crippen molar-refractivity contribution in [1.82, 2.24) is 0 Å². The van der Waals surface area contributed by atoms with Crippen LogP contribution in [0.2, 0.25) is 6.04 Å². The van der Waals surface area contributed by atoms with Gasteiger partial charge in [0.1, 0.15) is 12.7 Å². The summed E-state index contributed by atoms with van der Waals surface area (Å²) in [6.07, 6.45) is 2.34. The molecule has 1 atom stereocenters. The van der Waals surface area contributed by atoms with Gasteiger partial charge in [0.15, 0.2) is 0 Å². The third-order valence-corrected chi connectivity index (χ3v) is 3.89. The van der Waals surface area contributed by atoms with Crippen LogP contribution in [0.3, 0.4) is 0 Å². The van der Waals surface area contributed by atoms with E-state index in [-0.39, 0.29) is 15.5 Å². The molecule has 0 aromatic rings. The molecule has 1 fully saturated rings. The monoisotopic (exact) mass is 262 g/mol. The molecule has 100 valence electrons. The normalized spacial score (nSPS) is 18.8. The molecule has 0 radical (unpaired) electrons. The zero-order chi connectivity index (χ0) is 12.3. The number of carbonyl (C=O) groups excluding carboxylic acids is 1. The molecule has 0 amide bonds. The lowest BCUT2D eigenvalue weighted by Gasteiger charge is -2.04. The number of hydrogen-bond acceptors (Lipinski definition) is 5. The Morgan fingerprint density at radius 3 is 2.88 bits per heavy atom. The second-order valence-corrected chi connectivity index (χ2v) is 5.87. The van der Waals surface area contributed by atoms with Crippen molar-refractivity contribution in [3.63, 3.8) is 0 Å². The Kier molecular flexibility index (Phi) is 8.24. The van der Waals surface area contributed by atoms with Gasteiger partial charge in [-0.05, 0) is 6.42 Å². The minimum atomic E-state index is -0.248. The van der Waals surface area contributed by atoms with Crippen LogP contribution in [0.15, 0.2) is 0 Å². The molecule has 0 spiro atoms. The summed E-state index contributed by atoms with van der Waals surface area (Å²) in [4.78, 5) is 10.4. The first-order valence-electron chi connectivity index (χ1n) is 6.19. The molecule has 1 aliphatic heterocycles. The fraction of sp³-hybridized carbons (Fsp3) is 0.909. The highest BCUT2D eigenvalue weighted by molar-refractivity contribution is 6.35. The Balaban J connectivity index is 1.65. The van der Waals surface area contributed by atoms with Gasteiger partial charge in [0, 0.05) is 19.8 Å². The van der Waals surface area contributed by atoms with Gasteiger partial charge in [-0.1, -0.05) is 6.04 Å². The highest BCUT2D eigenvalue weighted by Crippen LogP contribution is 2.08. The second-order valence-electron chi connectivity index (χ2n) is 4.04. The average molecular weight is 262 g/mol. The maximum Gasteiger partial charge on any atom is 0.302 e. The molecule has 17 heavy (non-hydrogen) atoms. The highest BCUT2D eigenvalue weighted by Gasteiger charge is 2.21. The van der Waals surface area contributed by atoms with Crippen molar-refractivity contribution in [2.75, 3.05) is 39.3 Å². The first kappa shape index (κ1) is 14.6. The van der Waals surface area contributed by atoms with E-state index in [0.29, 0.717) is 19.3 Å². The first-order chi connectivity index (χ1) is 8.29. The highest BCUT2D eigenvalue weighted by atomic mass is 28.2. The molecule has 0 bridgehead atoms. The summed E-state index contributed by atoms with van der Waals surface area (Å²) in [6, 6.07) is 1.24. The smallest absolute Gasteiger partial charge is 0.302 e. The minimum Gasteiger partial charge on any atom is -0.463 e. The summed E-state index contributed by atoms with van der Waals surface area (Å²) in [5.74, 6) is -0.248. The summed E-state index contributed by atoms with van der Waals surface area (Å²) in [5, 5.41) is 0. The van der Waals surface area contributed by atoms with Gasteiger partial charge in [-0.15, -0.1) is 0 Å². The molecule has 1 rings (SSSR count). The standard InChI is InChI=1S/C11H22O5Si/c1-10(12)15-5-4-14-9-17-6-2-3-13-7-11-8-16-11/h11H,2-9,17H2,1H3. The van der Waals surface area contributed by atoms with Crippen LogP contribution in [0.5, 0.6) is 0 Å². The Hall–Kier alpha value is -0.433. The molecule has 0 N–H and O–H groups in total. The molecule has 1 unspecified atom stereocenters. The van der Waals surface area contributed by atoms with Crippen LogP contribution in [-0.2, 0) is 23.7 Å². The molecule has 0 aromatic heterocycles. The Labute approximate surface area is 105 Å². The molecule has 0 aromatic carbocycles. The predicted molar refractivity (Wildman–Crippen MR) is 66.0 cm³/mol. The topological polar surface area (TPSA) is 57.3 Å². The first-order valence-corrected chi connectivity index (χ1v) is 8.19. The SMILES string of the molecule is CC(=O)OCCOC[SiH2]CCCOCC1CO1. The van der Waals surface area contributed by atoms with Crippen LogP contribution in [0.1, 0.15) is 13.3 Å². The molecule has 1 aliphatic rings. The van der Waals surface area contributed by atoms with Crippen LogP contribution in [0, 0.1) is 0 Å². The molecular weight excluding hydrogens is 240 g/mol. The van der Waals surface area contributed by atoms with E-state index in [1.807, 2.05) is 0 Å². The van der Waals surface area contributed by atoms with Gasteiger partial charge in [0.25, 0.3) is 0 Å². The van der Waals surface area contributed by atoms with Crippen LogP contribution in [-0.4, -0.2) is 60.9 Å². The Morgan fingerprint density at radius 2 is 2.18 bits per heavy atom. The maximum absolute atomic E-state index is 10.4. The number of epoxide rings is 1. The van der Waals surface area contributed by atoms with Crippen molar-refractivity contribution in [2.45, 2.75) is 25.5 Å². The second kappa shape index (κ2) is 9.58. The molecule has 5 nitrogen and oxygen atoms in total. The van der Waals surface area contributed by atoms with Gasteiger partial charge in [-0.3, -0.25) is 4.79 Å². The summed E-state index contributed by atoms with van der Waals surface area (Å²) in [7, 11) is -0.142. The lowest BCUT2D eigenvalue weighted by Crippen LogP contribution is -2.11. The quantitative estimate of drug-likeness (QED) is 0.225. The van der Waals surface area contributed by atoms with Crippen molar-refractivity contribution >= 4 is 15.5 Å². The molecule has 0 aliphatic carbocycles. The van der Waals surface area contributed by atoms with E-state index in [4.69, 9.17) is 18.9 Å². The van der Waals surface area contributed by atoms with E-state index < -0.39 is 0 Å². The van der Waals surface area contributed by atoms with Crippen LogP contribution in [0.4, 0.5) is 0 Å². The molecule has 1 saturated heterocycles. The number of carbonyl (C=O) groups is 1. The zero-order valence-corrected chi connectivity index (χ0v) is 11.9. The third kappa shape index (κ3) is 10.4. The maximum atomic E-state index is 10.4. The zero-order valence-electron chi connectivity index (χ0n) is 10.5. The third-order valence-electron chi connectivity index (χ3n) is 2.32. The molecule has 6 heteroatoms. The van der Waals surface area contributed by atoms with Gasteiger partial charge >= 0.3 is 5.97 Å². The molecule has 0 saturated carbocycles. The lowest BCUT2D eigenvalue weighted by atomic mass is 10.5. The molecular formula is C11H22O5Si. The van der Waals surface area contributed by atoms with Crippen molar-refractivity contribution in [1.29, 1.82) is 0 Å². The van der Waals surface area contributed by atoms with E-state index >= 15 is 0 Å². The predicted octanol–water partition coefficient (Wildman–Crippen LogP) is -0.0838. The summed E-state index contributed by atoms with van der Waals surface area (Å²) in [6.45, 7) is 4.74. The van der Waals surface area contributed by atoms with E-state index in [1.165, 1.54) is 13.0 Å². The van der Waals surface area contributed by atoms with Crippen LogP contribution in [0.25, 0.3) is 0 Å². The van der Waals surface area contributed by atoms with E-state index in [2.05, 4.69) is 0 Å². The largest absolute Gasteiger partial charge is 0.463 e. The number of rotatable bonds is 11. The Bertz CT molecular complexity index is 208. The van der Waals surface area contributed by atoms with Crippen LogP contribution >= 0.6 is 0 Å². The average Bonchev–Trinajstić information content (AvgIpc) is 3.09. The van der Waals surface area contributed by atoms with Crippen molar-refractivity contribution in [2.24, 2.45) is 0 Å². The van der Waals surface area contributed by atoms with Gasteiger partial charge in [0.2, 0.25) is 0 Å². The fourth-order valence-corrected chi connectivity index (χ4v) is 2.48. The van der Waals surface area contributed by atoms with Gasteiger partial charge in [0.05, 0.1) is 29.3 Å². The Morgan fingerprint density at radius 1 is 1.35 bits per heavy atom. The van der Waals surface area contributed by atoms with E-state index in [1.54, 1.807) is 0 Å². The van der Waals surface area contributed by atoms with Crippen molar-refractivity contribution in [3.05, 3.63) is 0 Å². The van der Waals surface area contributed by atoms with Crippen LogP contribution < -0.4 is 0 Å². The molecule has 1 heterocycles. The van der Waals surface area contributed by atoms with Crippen molar-refractivity contribution < 1.29 is 23.7 Å². The van der Waals surface area contributed by atoms with Gasteiger partial charge in [-0.25, -0.2) is 0 Å². The van der Waals surface area contributed by atoms with Crippen molar-refractivity contribution in [3.8, 4) is 0 Å².